The van der Waals surface area contributed by atoms with Crippen LogP contribution in [-0.2, 0) is 4.79 Å². The Balaban J connectivity index is 1.29. The molecule has 3 fully saturated rings. The molecular formula is C32H33F3N8O2. The largest absolute Gasteiger partial charge is 0.461 e. The highest BCUT2D eigenvalue weighted by Crippen LogP contribution is 2.41. The molecule has 0 bridgehead atoms. The van der Waals surface area contributed by atoms with E-state index in [2.05, 4.69) is 31.4 Å². The van der Waals surface area contributed by atoms with Gasteiger partial charge in [0.15, 0.2) is 5.82 Å². The molecule has 2 N–H and O–H groups in total. The van der Waals surface area contributed by atoms with Crippen molar-refractivity contribution in [3.63, 3.8) is 0 Å². The zero-order valence-corrected chi connectivity index (χ0v) is 24.8. The van der Waals surface area contributed by atoms with Crippen LogP contribution in [0.15, 0.2) is 43.1 Å². The second-order valence-corrected chi connectivity index (χ2v) is 12.3. The number of carbonyl (C=O) groups is 1. The van der Waals surface area contributed by atoms with E-state index in [-0.39, 0.29) is 52.6 Å². The van der Waals surface area contributed by atoms with Crippen LogP contribution in [0.4, 0.5) is 24.8 Å². The lowest BCUT2D eigenvalue weighted by Gasteiger charge is -2.40. The van der Waals surface area contributed by atoms with Crippen LogP contribution in [0.1, 0.15) is 19.3 Å². The third-order valence-electron chi connectivity index (χ3n) is 9.26. The smallest absolute Gasteiger partial charge is 0.319 e. The van der Waals surface area contributed by atoms with Crippen LogP contribution in [-0.4, -0.2) is 93.7 Å². The van der Waals surface area contributed by atoms with Gasteiger partial charge in [0.2, 0.25) is 5.91 Å². The number of nitrogens with zero attached hydrogens (tertiary/aromatic N) is 7. The molecule has 3 aromatic heterocycles. The fourth-order valence-electron chi connectivity index (χ4n) is 7.12. The van der Waals surface area contributed by atoms with E-state index in [0.717, 1.165) is 19.4 Å². The van der Waals surface area contributed by atoms with Gasteiger partial charge in [0.05, 0.1) is 10.9 Å². The predicted octanol–water partition coefficient (Wildman–Crippen LogP) is 4.14. The maximum atomic E-state index is 16.6. The summed E-state index contributed by atoms with van der Waals surface area (Å²) in [4.78, 5) is 35.4. The van der Waals surface area contributed by atoms with Crippen LogP contribution < -0.4 is 15.4 Å². The summed E-state index contributed by atoms with van der Waals surface area (Å²) < 4.78 is 52.2. The molecule has 1 amide bonds. The minimum Gasteiger partial charge on any atom is -0.461 e. The van der Waals surface area contributed by atoms with Gasteiger partial charge in [0.25, 0.3) is 0 Å². The van der Waals surface area contributed by atoms with Crippen molar-refractivity contribution >= 4 is 39.2 Å². The van der Waals surface area contributed by atoms with Gasteiger partial charge in [-0.15, -0.1) is 0 Å². The lowest BCUT2D eigenvalue weighted by atomic mass is 9.95. The molecule has 3 aliphatic heterocycles. The summed E-state index contributed by atoms with van der Waals surface area (Å²) in [5.74, 6) is -0.914. The predicted molar refractivity (Wildman–Crippen MR) is 164 cm³/mol. The maximum absolute atomic E-state index is 16.6. The van der Waals surface area contributed by atoms with E-state index >= 15 is 8.78 Å². The molecule has 0 spiro atoms. The number of carbonyl (C=O) groups excluding carboxylic acids is 1. The van der Waals surface area contributed by atoms with Gasteiger partial charge in [-0.05, 0) is 43.0 Å². The van der Waals surface area contributed by atoms with Gasteiger partial charge in [-0.1, -0.05) is 18.7 Å². The number of likely N-dealkylation sites (tertiary alicyclic amines) is 1. The van der Waals surface area contributed by atoms with Crippen LogP contribution in [0, 0.1) is 17.6 Å². The summed E-state index contributed by atoms with van der Waals surface area (Å²) in [7, 11) is 1.82. The van der Waals surface area contributed by atoms with Crippen molar-refractivity contribution in [1.29, 1.82) is 0 Å². The molecule has 0 aliphatic carbocycles. The Morgan fingerprint density at radius 3 is 2.84 bits per heavy atom. The van der Waals surface area contributed by atoms with Crippen molar-refractivity contribution in [2.24, 2.45) is 5.92 Å². The monoisotopic (exact) mass is 618 g/mol. The quantitative estimate of drug-likeness (QED) is 0.291. The van der Waals surface area contributed by atoms with E-state index in [4.69, 9.17) is 10.5 Å². The highest BCUT2D eigenvalue weighted by molar-refractivity contribution is 5.98. The van der Waals surface area contributed by atoms with E-state index < -0.39 is 23.3 Å². The molecule has 3 aliphatic rings. The van der Waals surface area contributed by atoms with Gasteiger partial charge >= 0.3 is 6.01 Å². The summed E-state index contributed by atoms with van der Waals surface area (Å²) in [6, 6.07) is 5.94. The SMILES string of the molecule is C=CC(=O)N1CC(CN(C)c2nc(OC[C@@]34CCCN3C[C@H](F)C4)nc3c(F)c(-c4nc(N)cc5cccc(F)c45)ncc23)C1. The van der Waals surface area contributed by atoms with Gasteiger partial charge < -0.3 is 20.3 Å². The number of amides is 1. The highest BCUT2D eigenvalue weighted by atomic mass is 19.1. The third-order valence-corrected chi connectivity index (χ3v) is 9.26. The fourth-order valence-corrected chi connectivity index (χ4v) is 7.12. The summed E-state index contributed by atoms with van der Waals surface area (Å²) >= 11 is 0. The molecule has 1 aromatic carbocycles. The minimum absolute atomic E-state index is 0.0413. The molecular weight excluding hydrogens is 585 g/mol. The van der Waals surface area contributed by atoms with Crippen molar-refractivity contribution in [3.05, 3.63) is 54.8 Å². The number of rotatable bonds is 8. The number of benzene rings is 1. The molecule has 2 atom stereocenters. The zero-order chi connectivity index (χ0) is 31.5. The number of nitrogens with two attached hydrogens (primary N) is 1. The second kappa shape index (κ2) is 11.1. The lowest BCUT2D eigenvalue weighted by molar-refractivity contribution is -0.131. The number of fused-ring (bicyclic) bond motifs is 3. The summed E-state index contributed by atoms with van der Waals surface area (Å²) in [5, 5.41) is 0.869. The average molecular weight is 619 g/mol. The van der Waals surface area contributed by atoms with Crippen molar-refractivity contribution in [1.82, 2.24) is 29.7 Å². The van der Waals surface area contributed by atoms with E-state index in [0.29, 0.717) is 49.2 Å². The molecule has 10 nitrogen and oxygen atoms in total. The van der Waals surface area contributed by atoms with Gasteiger partial charge in [0, 0.05) is 57.1 Å². The first-order valence-electron chi connectivity index (χ1n) is 15.0. The van der Waals surface area contributed by atoms with Crippen LogP contribution in [0.2, 0.25) is 0 Å². The van der Waals surface area contributed by atoms with Gasteiger partial charge in [-0.25, -0.2) is 18.2 Å². The van der Waals surface area contributed by atoms with Crippen LogP contribution in [0.5, 0.6) is 6.01 Å². The topological polar surface area (TPSA) is 114 Å². The van der Waals surface area contributed by atoms with Crippen molar-refractivity contribution in [2.75, 3.05) is 57.0 Å². The Morgan fingerprint density at radius 1 is 1.22 bits per heavy atom. The normalized spacial score (nSPS) is 21.7. The molecule has 7 rings (SSSR count). The van der Waals surface area contributed by atoms with Crippen LogP contribution in [0.25, 0.3) is 33.1 Å². The van der Waals surface area contributed by atoms with E-state index in [1.807, 2.05) is 11.9 Å². The molecule has 13 heteroatoms. The molecule has 0 radical (unpaired) electrons. The first-order valence-corrected chi connectivity index (χ1v) is 15.0. The Hall–Kier alpha value is -4.52. The lowest BCUT2D eigenvalue weighted by Crippen LogP contribution is -2.53. The molecule has 0 unspecified atom stereocenters. The van der Waals surface area contributed by atoms with E-state index in [1.54, 1.807) is 17.0 Å². The number of halogens is 3. The van der Waals surface area contributed by atoms with Crippen molar-refractivity contribution in [3.8, 4) is 17.4 Å². The second-order valence-electron chi connectivity index (χ2n) is 12.3. The Labute approximate surface area is 257 Å². The highest BCUT2D eigenvalue weighted by Gasteiger charge is 2.49. The first kappa shape index (κ1) is 29.2. The molecule has 234 valence electrons. The Bertz CT molecular complexity index is 1830. The van der Waals surface area contributed by atoms with Gasteiger partial charge in [-0.2, -0.15) is 9.97 Å². The Morgan fingerprint density at radius 2 is 2.04 bits per heavy atom. The van der Waals surface area contributed by atoms with E-state index in [9.17, 15) is 9.18 Å². The number of hydrogen-bond acceptors (Lipinski definition) is 9. The molecule has 4 aromatic rings. The van der Waals surface area contributed by atoms with Crippen LogP contribution in [0.3, 0.4) is 0 Å². The van der Waals surface area contributed by atoms with Crippen molar-refractivity contribution < 1.29 is 22.7 Å². The van der Waals surface area contributed by atoms with Crippen molar-refractivity contribution in [2.45, 2.75) is 31.0 Å². The standard InChI is InChI=1S/C32H33F3N8O2/c1-3-24(44)42-14-18(15-42)13-41(2)30-21-12-37-29(28-25-19(10-23(36)38-28)6-4-7-22(25)34)26(35)27(21)39-31(40-30)45-17-32-8-5-9-43(32)16-20(33)11-32/h3-4,6-7,10,12,18,20H,1,5,8-9,11,13-17H2,2H3,(H2,36,38)/t20-,32+/m1/s1. The fraction of sp³-hybridized carbons (Fsp3) is 0.406. The molecule has 0 saturated carbocycles. The summed E-state index contributed by atoms with van der Waals surface area (Å²) in [5.41, 5.74) is 5.23. The minimum atomic E-state index is -0.935. The number of hydrogen-bond donors (Lipinski definition) is 1. The average Bonchev–Trinajstić information content (AvgIpc) is 3.52. The molecule has 45 heavy (non-hydrogen) atoms. The van der Waals surface area contributed by atoms with Gasteiger partial charge in [0.1, 0.15) is 47.1 Å². The zero-order valence-electron chi connectivity index (χ0n) is 24.8. The molecule has 3 saturated heterocycles. The maximum Gasteiger partial charge on any atom is 0.319 e. The van der Waals surface area contributed by atoms with Gasteiger partial charge in [-0.3, -0.25) is 14.7 Å². The third kappa shape index (κ3) is 5.08. The number of alkyl halides is 1. The Kier molecular flexibility index (Phi) is 7.22. The number of pyridine rings is 2. The summed E-state index contributed by atoms with van der Waals surface area (Å²) in [6.45, 7) is 6.50. The summed E-state index contributed by atoms with van der Waals surface area (Å²) in [6.07, 6.45) is 3.89. The van der Waals surface area contributed by atoms with E-state index in [1.165, 1.54) is 24.4 Å². The number of anilines is 2. The number of aromatic nitrogens is 4. The molecule has 6 heterocycles. The first-order chi connectivity index (χ1) is 21.7. The van der Waals surface area contributed by atoms with Crippen LogP contribution >= 0.6 is 0 Å². The number of ether oxygens (including phenoxy) is 1. The number of nitrogen functional groups attached to an aromatic ring is 1.